The lowest BCUT2D eigenvalue weighted by atomic mass is 9.89. The number of rotatable bonds is 4. The Morgan fingerprint density at radius 3 is 2.59 bits per heavy atom. The van der Waals surface area contributed by atoms with Crippen LogP contribution in [0.4, 0.5) is 5.82 Å². The Balaban J connectivity index is 0.00000210. The summed E-state index contributed by atoms with van der Waals surface area (Å²) < 4.78 is 5.28. The average molecular weight is 390 g/mol. The Hall–Kier alpha value is -2.38. The number of nitrogens with zero attached hydrogens (tertiary/aromatic N) is 4. The van der Waals surface area contributed by atoms with Gasteiger partial charge in [0.15, 0.2) is 0 Å². The van der Waals surface area contributed by atoms with E-state index in [9.17, 15) is 4.79 Å². The molecule has 2 saturated heterocycles. The van der Waals surface area contributed by atoms with Gasteiger partial charge in [-0.25, -0.2) is 4.98 Å². The average Bonchev–Trinajstić information content (AvgIpc) is 3.18. The third kappa shape index (κ3) is 3.57. The standard InChI is InChI=1S/C19H23N5O2.ClH/c1-23-9-13-10-24(17-8-21-7-16(22-17)19(20)25)11-15(13)18(23)12-3-5-14(26-2)6-4-12;/h3-8,13,15,18H,9-11H2,1-2H3,(H2,20,25);1H/t13-,15+,18+;/m0./s1. The normalized spacial score (nSPS) is 24.4. The van der Waals surface area contributed by atoms with Gasteiger partial charge in [0, 0.05) is 31.6 Å². The van der Waals surface area contributed by atoms with E-state index < -0.39 is 5.91 Å². The molecule has 2 N–H and O–H groups in total. The molecule has 2 fully saturated rings. The van der Waals surface area contributed by atoms with Gasteiger partial charge in [-0.1, -0.05) is 12.1 Å². The fourth-order valence-corrected chi connectivity index (χ4v) is 4.37. The molecule has 0 radical (unpaired) electrons. The molecule has 27 heavy (non-hydrogen) atoms. The molecule has 4 rings (SSSR count). The summed E-state index contributed by atoms with van der Waals surface area (Å²) in [6.07, 6.45) is 3.12. The molecule has 2 aromatic rings. The summed E-state index contributed by atoms with van der Waals surface area (Å²) in [6, 6.07) is 8.70. The number of benzene rings is 1. The molecule has 1 aromatic heterocycles. The van der Waals surface area contributed by atoms with Gasteiger partial charge in [-0.3, -0.25) is 14.7 Å². The Morgan fingerprint density at radius 2 is 1.93 bits per heavy atom. The highest BCUT2D eigenvalue weighted by molar-refractivity contribution is 5.90. The highest BCUT2D eigenvalue weighted by Gasteiger charge is 2.46. The zero-order valence-corrected chi connectivity index (χ0v) is 16.2. The first-order valence-corrected chi connectivity index (χ1v) is 8.78. The molecule has 144 valence electrons. The van der Waals surface area contributed by atoms with Gasteiger partial charge in [0.2, 0.25) is 0 Å². The van der Waals surface area contributed by atoms with Gasteiger partial charge in [0.1, 0.15) is 17.3 Å². The number of nitrogens with two attached hydrogens (primary N) is 1. The van der Waals surface area contributed by atoms with Gasteiger partial charge in [-0.15, -0.1) is 12.4 Å². The Kier molecular flexibility index (Phi) is 5.53. The lowest BCUT2D eigenvalue weighted by molar-refractivity contribution is 0.0995. The lowest BCUT2D eigenvalue weighted by Crippen LogP contribution is -2.30. The predicted molar refractivity (Wildman–Crippen MR) is 105 cm³/mol. The van der Waals surface area contributed by atoms with E-state index in [1.807, 2.05) is 12.1 Å². The van der Waals surface area contributed by atoms with Crippen molar-refractivity contribution in [1.29, 1.82) is 0 Å². The number of carbonyl (C=O) groups is 1. The summed E-state index contributed by atoms with van der Waals surface area (Å²) in [5, 5.41) is 0. The summed E-state index contributed by atoms with van der Waals surface area (Å²) in [5.74, 6) is 2.12. The van der Waals surface area contributed by atoms with Crippen molar-refractivity contribution in [3.05, 3.63) is 47.9 Å². The van der Waals surface area contributed by atoms with Crippen LogP contribution < -0.4 is 15.4 Å². The van der Waals surface area contributed by atoms with Crippen molar-refractivity contribution in [3.63, 3.8) is 0 Å². The van der Waals surface area contributed by atoms with Crippen molar-refractivity contribution in [2.75, 3.05) is 38.7 Å². The monoisotopic (exact) mass is 389 g/mol. The van der Waals surface area contributed by atoms with Gasteiger partial charge in [-0.05, 0) is 30.7 Å². The third-order valence-electron chi connectivity index (χ3n) is 5.55. The number of primary amides is 1. The number of likely N-dealkylation sites (tertiary alicyclic amines) is 1. The molecule has 7 nitrogen and oxygen atoms in total. The van der Waals surface area contributed by atoms with Crippen molar-refractivity contribution >= 4 is 24.1 Å². The van der Waals surface area contributed by atoms with Crippen molar-refractivity contribution in [2.24, 2.45) is 17.6 Å². The first kappa shape index (κ1) is 19.4. The largest absolute Gasteiger partial charge is 0.497 e. The zero-order valence-electron chi connectivity index (χ0n) is 15.4. The van der Waals surface area contributed by atoms with Crippen LogP contribution in [0, 0.1) is 11.8 Å². The number of amides is 1. The summed E-state index contributed by atoms with van der Waals surface area (Å²) >= 11 is 0. The molecule has 0 bridgehead atoms. The van der Waals surface area contributed by atoms with Crippen LogP contribution in [-0.2, 0) is 0 Å². The number of aromatic nitrogens is 2. The van der Waals surface area contributed by atoms with Crippen molar-refractivity contribution < 1.29 is 9.53 Å². The minimum atomic E-state index is -0.547. The van der Waals surface area contributed by atoms with Gasteiger partial charge in [-0.2, -0.15) is 0 Å². The highest BCUT2D eigenvalue weighted by atomic mass is 35.5. The van der Waals surface area contributed by atoms with E-state index in [1.165, 1.54) is 11.8 Å². The number of anilines is 1. The van der Waals surface area contributed by atoms with Gasteiger partial charge < -0.3 is 15.4 Å². The number of hydrogen-bond donors (Lipinski definition) is 1. The summed E-state index contributed by atoms with van der Waals surface area (Å²) in [7, 11) is 3.87. The van der Waals surface area contributed by atoms with Crippen molar-refractivity contribution in [3.8, 4) is 5.75 Å². The SMILES string of the molecule is COc1ccc([C@@H]2[C@@H]3CN(c4cncc(C(N)=O)n4)C[C@@H]3CN2C)cc1.Cl. The smallest absolute Gasteiger partial charge is 0.268 e. The summed E-state index contributed by atoms with van der Waals surface area (Å²) in [6.45, 7) is 2.85. The second-order valence-corrected chi connectivity index (χ2v) is 7.11. The summed E-state index contributed by atoms with van der Waals surface area (Å²) in [5.41, 5.74) is 6.85. The maximum Gasteiger partial charge on any atom is 0.268 e. The van der Waals surface area contributed by atoms with Crippen LogP contribution in [-0.4, -0.2) is 54.6 Å². The lowest BCUT2D eigenvalue weighted by Gasteiger charge is -2.27. The van der Waals surface area contributed by atoms with E-state index in [1.54, 1.807) is 13.3 Å². The molecule has 3 heterocycles. The van der Waals surface area contributed by atoms with Gasteiger partial charge >= 0.3 is 0 Å². The molecule has 1 amide bonds. The van der Waals surface area contributed by atoms with Gasteiger partial charge in [0.05, 0.1) is 19.5 Å². The first-order chi connectivity index (χ1) is 12.6. The Labute approximate surface area is 164 Å². The molecule has 2 aliphatic rings. The quantitative estimate of drug-likeness (QED) is 0.857. The maximum absolute atomic E-state index is 11.4. The molecule has 0 unspecified atom stereocenters. The molecule has 0 aliphatic carbocycles. The van der Waals surface area contributed by atoms with Crippen LogP contribution in [0.5, 0.6) is 5.75 Å². The minimum absolute atomic E-state index is 0. The van der Waals surface area contributed by atoms with E-state index in [4.69, 9.17) is 10.5 Å². The molecule has 2 aliphatic heterocycles. The number of halogens is 1. The third-order valence-corrected chi connectivity index (χ3v) is 5.55. The van der Waals surface area contributed by atoms with E-state index in [0.29, 0.717) is 17.9 Å². The zero-order chi connectivity index (χ0) is 18.3. The molecule has 1 aromatic carbocycles. The van der Waals surface area contributed by atoms with Crippen LogP contribution in [0.25, 0.3) is 0 Å². The van der Waals surface area contributed by atoms with Crippen LogP contribution in [0.3, 0.4) is 0 Å². The van der Waals surface area contributed by atoms with E-state index in [0.717, 1.165) is 31.2 Å². The molecular formula is C19H24ClN5O2. The molecular weight excluding hydrogens is 366 g/mol. The second kappa shape index (κ2) is 7.70. The summed E-state index contributed by atoms with van der Waals surface area (Å²) in [4.78, 5) is 24.5. The minimum Gasteiger partial charge on any atom is -0.497 e. The topological polar surface area (TPSA) is 84.6 Å². The Bertz CT molecular complexity index is 816. The Morgan fingerprint density at radius 1 is 1.19 bits per heavy atom. The second-order valence-electron chi connectivity index (χ2n) is 7.11. The molecule has 3 atom stereocenters. The van der Waals surface area contributed by atoms with E-state index in [-0.39, 0.29) is 18.1 Å². The van der Waals surface area contributed by atoms with E-state index in [2.05, 4.69) is 38.9 Å². The number of fused-ring (bicyclic) bond motifs is 1. The fraction of sp³-hybridized carbons (Fsp3) is 0.421. The van der Waals surface area contributed by atoms with Crippen molar-refractivity contribution in [2.45, 2.75) is 6.04 Å². The maximum atomic E-state index is 11.4. The van der Waals surface area contributed by atoms with Gasteiger partial charge in [0.25, 0.3) is 5.91 Å². The van der Waals surface area contributed by atoms with Crippen LogP contribution in [0.2, 0.25) is 0 Å². The first-order valence-electron chi connectivity index (χ1n) is 8.78. The number of hydrogen-bond acceptors (Lipinski definition) is 6. The molecule has 0 spiro atoms. The van der Waals surface area contributed by atoms with Crippen LogP contribution in [0.1, 0.15) is 22.1 Å². The predicted octanol–water partition coefficient (Wildman–Crippen LogP) is 1.74. The van der Waals surface area contributed by atoms with Crippen LogP contribution >= 0.6 is 12.4 Å². The molecule has 8 heteroatoms. The fourth-order valence-electron chi connectivity index (χ4n) is 4.37. The molecule has 0 saturated carbocycles. The number of methoxy groups -OCH3 is 1. The number of carbonyl (C=O) groups excluding carboxylic acids is 1. The highest BCUT2D eigenvalue weighted by Crippen LogP contribution is 2.44. The number of ether oxygens (including phenoxy) is 1. The van der Waals surface area contributed by atoms with E-state index >= 15 is 0 Å². The van der Waals surface area contributed by atoms with Crippen molar-refractivity contribution in [1.82, 2.24) is 14.9 Å². The van der Waals surface area contributed by atoms with Crippen LogP contribution in [0.15, 0.2) is 36.7 Å².